The molecular weight excluding hydrogens is 322 g/mol. The third-order valence-corrected chi connectivity index (χ3v) is 5.33. The maximum Gasteiger partial charge on any atom is 0.246 e. The smallest absolute Gasteiger partial charge is 0.246 e. The molecule has 2 heterocycles. The Kier molecular flexibility index (Phi) is 7.36. The molecule has 1 unspecified atom stereocenters. The number of carbonyl (C=O) groups is 1. The van der Waals surface area contributed by atoms with Crippen molar-refractivity contribution in [3.8, 4) is 0 Å². The number of aromatic nitrogens is 1. The van der Waals surface area contributed by atoms with Crippen molar-refractivity contribution in [2.24, 2.45) is 10.9 Å². The predicted molar refractivity (Wildman–Crippen MR) is 102 cm³/mol. The molecule has 1 aliphatic heterocycles. The third-order valence-electron chi connectivity index (χ3n) is 3.79. The average Bonchev–Trinajstić information content (AvgIpc) is 2.59. The summed E-state index contributed by atoms with van der Waals surface area (Å²) in [5.41, 5.74) is 0.692. The van der Waals surface area contributed by atoms with Crippen LogP contribution in [0.5, 0.6) is 0 Å². The highest BCUT2D eigenvalue weighted by atomic mass is 32.2. The minimum atomic E-state index is -0.134. The van der Waals surface area contributed by atoms with Crippen LogP contribution >= 0.6 is 11.8 Å². The fraction of sp³-hybridized carbons (Fsp3) is 0.588. The maximum atomic E-state index is 12.1. The van der Waals surface area contributed by atoms with E-state index >= 15 is 0 Å². The first kappa shape index (κ1) is 18.6. The van der Waals surface area contributed by atoms with Crippen molar-refractivity contribution in [3.63, 3.8) is 0 Å². The number of aliphatic imine (C=N–C) groups is 1. The van der Waals surface area contributed by atoms with E-state index in [0.717, 1.165) is 31.3 Å². The van der Waals surface area contributed by atoms with Crippen LogP contribution in [0.25, 0.3) is 0 Å². The van der Waals surface area contributed by atoms with Gasteiger partial charge in [0.15, 0.2) is 5.96 Å². The van der Waals surface area contributed by atoms with Gasteiger partial charge in [-0.2, -0.15) is 11.8 Å². The summed E-state index contributed by atoms with van der Waals surface area (Å²) in [6.07, 6.45) is 3.30. The summed E-state index contributed by atoms with van der Waals surface area (Å²) in [6, 6.07) is 3.61. The zero-order valence-corrected chi connectivity index (χ0v) is 15.5. The molecule has 1 aliphatic rings. The Labute approximate surface area is 148 Å². The van der Waals surface area contributed by atoms with E-state index in [4.69, 9.17) is 0 Å². The van der Waals surface area contributed by atoms with Gasteiger partial charge >= 0.3 is 0 Å². The number of amides is 1. The first-order valence-corrected chi connectivity index (χ1v) is 9.49. The van der Waals surface area contributed by atoms with Crippen molar-refractivity contribution in [1.29, 1.82) is 0 Å². The number of carbonyl (C=O) groups excluding carboxylic acids is 1. The fourth-order valence-corrected chi connectivity index (χ4v) is 3.78. The highest BCUT2D eigenvalue weighted by Crippen LogP contribution is 2.24. The van der Waals surface area contributed by atoms with Crippen LogP contribution in [-0.2, 0) is 4.79 Å². The van der Waals surface area contributed by atoms with Gasteiger partial charge in [0.25, 0.3) is 0 Å². The summed E-state index contributed by atoms with van der Waals surface area (Å²) in [6.45, 7) is 9.39. The van der Waals surface area contributed by atoms with Crippen molar-refractivity contribution < 1.29 is 4.79 Å². The van der Waals surface area contributed by atoms with Crippen molar-refractivity contribution in [1.82, 2.24) is 15.2 Å². The number of rotatable bonds is 5. The molecule has 0 aromatic carbocycles. The van der Waals surface area contributed by atoms with Crippen LogP contribution in [0, 0.1) is 5.92 Å². The summed E-state index contributed by atoms with van der Waals surface area (Å²) >= 11 is 2.03. The van der Waals surface area contributed by atoms with Gasteiger partial charge in [0, 0.05) is 36.8 Å². The molecule has 0 spiro atoms. The molecule has 0 bridgehead atoms. The molecule has 1 aromatic heterocycles. The Morgan fingerprint density at radius 1 is 1.54 bits per heavy atom. The monoisotopic (exact) mass is 349 g/mol. The molecule has 1 saturated heterocycles. The Hall–Kier alpha value is -1.76. The molecule has 7 heteroatoms. The molecule has 0 saturated carbocycles. The van der Waals surface area contributed by atoms with Gasteiger partial charge in [0.05, 0.1) is 11.9 Å². The number of guanidine groups is 1. The number of anilines is 1. The van der Waals surface area contributed by atoms with Crippen LogP contribution in [0.1, 0.15) is 20.8 Å². The van der Waals surface area contributed by atoms with Gasteiger partial charge in [-0.1, -0.05) is 13.8 Å². The largest absolute Gasteiger partial charge is 0.357 e. The lowest BCUT2D eigenvalue weighted by Crippen LogP contribution is -2.49. The summed E-state index contributed by atoms with van der Waals surface area (Å²) in [5.74, 6) is 2.42. The average molecular weight is 350 g/mol. The van der Waals surface area contributed by atoms with Gasteiger partial charge in [-0.3, -0.25) is 9.78 Å². The topological polar surface area (TPSA) is 69.6 Å². The van der Waals surface area contributed by atoms with E-state index in [1.165, 1.54) is 0 Å². The summed E-state index contributed by atoms with van der Waals surface area (Å²) in [7, 11) is 0. The van der Waals surface area contributed by atoms with E-state index in [2.05, 4.69) is 39.4 Å². The first-order valence-electron chi connectivity index (χ1n) is 8.45. The molecule has 6 nitrogen and oxygen atoms in total. The van der Waals surface area contributed by atoms with Gasteiger partial charge in [0.1, 0.15) is 6.54 Å². The van der Waals surface area contributed by atoms with Crippen molar-refractivity contribution in [2.45, 2.75) is 26.0 Å². The molecule has 1 amide bonds. The summed E-state index contributed by atoms with van der Waals surface area (Å²) < 4.78 is 0. The lowest BCUT2D eigenvalue weighted by molar-refractivity contribution is -0.114. The van der Waals surface area contributed by atoms with Crippen molar-refractivity contribution >= 4 is 29.3 Å². The first-order chi connectivity index (χ1) is 11.6. The molecule has 2 N–H and O–H groups in total. The van der Waals surface area contributed by atoms with E-state index in [9.17, 15) is 4.79 Å². The molecule has 1 aromatic rings. The van der Waals surface area contributed by atoms with Gasteiger partial charge < -0.3 is 15.5 Å². The van der Waals surface area contributed by atoms with Gasteiger partial charge in [0.2, 0.25) is 5.91 Å². The lowest BCUT2D eigenvalue weighted by Gasteiger charge is -2.36. The standard InChI is InChI=1S/C17H27N5OS/c1-4-19-17(22-8-9-24-15(12-22)13(2)3)20-11-16(23)21-14-6-5-7-18-10-14/h5-7,10,13,15H,4,8-9,11-12H2,1-3H3,(H,19,20)(H,21,23). The van der Waals surface area contributed by atoms with Crippen LogP contribution < -0.4 is 10.6 Å². The molecule has 2 rings (SSSR count). The Morgan fingerprint density at radius 2 is 2.38 bits per heavy atom. The van der Waals surface area contributed by atoms with Crippen LogP contribution in [-0.4, -0.2) is 58.9 Å². The lowest BCUT2D eigenvalue weighted by atomic mass is 10.1. The van der Waals surface area contributed by atoms with E-state index in [0.29, 0.717) is 16.9 Å². The van der Waals surface area contributed by atoms with E-state index in [1.54, 1.807) is 18.5 Å². The zero-order chi connectivity index (χ0) is 17.4. The Bertz CT molecular complexity index is 549. The van der Waals surface area contributed by atoms with E-state index < -0.39 is 0 Å². The van der Waals surface area contributed by atoms with Crippen LogP contribution in [0.2, 0.25) is 0 Å². The molecule has 24 heavy (non-hydrogen) atoms. The van der Waals surface area contributed by atoms with E-state index in [1.807, 2.05) is 24.8 Å². The quantitative estimate of drug-likeness (QED) is 0.629. The third kappa shape index (κ3) is 5.70. The number of hydrogen-bond donors (Lipinski definition) is 2. The molecule has 0 radical (unpaired) electrons. The molecule has 0 aliphatic carbocycles. The number of nitrogens with zero attached hydrogens (tertiary/aromatic N) is 3. The highest BCUT2D eigenvalue weighted by molar-refractivity contribution is 8.00. The van der Waals surface area contributed by atoms with Crippen molar-refractivity contribution in [2.75, 3.05) is 37.2 Å². The number of pyridine rings is 1. The van der Waals surface area contributed by atoms with Crippen LogP contribution in [0.15, 0.2) is 29.5 Å². The zero-order valence-electron chi connectivity index (χ0n) is 14.7. The SMILES string of the molecule is CCNC(=NCC(=O)Nc1cccnc1)N1CCSC(C(C)C)C1. The summed E-state index contributed by atoms with van der Waals surface area (Å²) in [4.78, 5) is 22.8. The predicted octanol–water partition coefficient (Wildman–Crippen LogP) is 2.06. The minimum Gasteiger partial charge on any atom is -0.357 e. The normalized spacial score (nSPS) is 18.6. The van der Waals surface area contributed by atoms with Crippen molar-refractivity contribution in [3.05, 3.63) is 24.5 Å². The molecule has 132 valence electrons. The van der Waals surface area contributed by atoms with Gasteiger partial charge in [-0.25, -0.2) is 4.99 Å². The number of thioether (sulfide) groups is 1. The Morgan fingerprint density at radius 3 is 3.04 bits per heavy atom. The second-order valence-electron chi connectivity index (χ2n) is 6.06. The highest BCUT2D eigenvalue weighted by Gasteiger charge is 2.24. The fourth-order valence-electron chi connectivity index (χ4n) is 2.48. The van der Waals surface area contributed by atoms with Gasteiger partial charge in [-0.15, -0.1) is 0 Å². The molecule has 1 fully saturated rings. The second kappa shape index (κ2) is 9.52. The maximum absolute atomic E-state index is 12.1. The van der Waals surface area contributed by atoms with E-state index in [-0.39, 0.29) is 12.5 Å². The molecular formula is C17H27N5OS. The van der Waals surface area contributed by atoms with Crippen LogP contribution in [0.3, 0.4) is 0 Å². The van der Waals surface area contributed by atoms with Gasteiger partial charge in [-0.05, 0) is 25.0 Å². The second-order valence-corrected chi connectivity index (χ2v) is 7.41. The summed E-state index contributed by atoms with van der Waals surface area (Å²) in [5, 5.41) is 6.72. The number of hydrogen-bond acceptors (Lipinski definition) is 4. The molecule has 1 atom stereocenters. The number of nitrogens with one attached hydrogen (secondary N) is 2. The van der Waals surface area contributed by atoms with Crippen LogP contribution in [0.4, 0.5) is 5.69 Å². The Balaban J connectivity index is 1.95. The minimum absolute atomic E-state index is 0.104.